The number of nitrogens with one attached hydrogen (secondary N) is 1. The van der Waals surface area contributed by atoms with Gasteiger partial charge in [0.25, 0.3) is 5.91 Å². The highest BCUT2D eigenvalue weighted by Crippen LogP contribution is 2.31. The van der Waals surface area contributed by atoms with E-state index in [1.165, 1.54) is 11.4 Å². The highest BCUT2D eigenvalue weighted by Gasteiger charge is 2.35. The fraction of sp³-hybridized carbons (Fsp3) is 0.440. The SMILES string of the molecule is COc1cccc(NC(=O)COC(=O)C2CCN(S(=O)(=O)c3c(C)c(C)cc(C)c3C)CC2)c1. The Hall–Kier alpha value is -2.91. The molecule has 2 aromatic carbocycles. The standard InChI is InChI=1S/C25H32N2O6S/c1-16-13-17(2)19(4)24(18(16)3)34(30,31)27-11-9-20(10-12-27)25(29)33-15-23(28)26-21-7-6-8-22(14-21)32-5/h6-8,13-14,20H,9-12,15H2,1-5H3,(H,26,28). The minimum Gasteiger partial charge on any atom is -0.497 e. The van der Waals surface area contributed by atoms with Crippen LogP contribution >= 0.6 is 0 Å². The van der Waals surface area contributed by atoms with Gasteiger partial charge in [0.1, 0.15) is 5.75 Å². The summed E-state index contributed by atoms with van der Waals surface area (Å²) in [6.07, 6.45) is 0.691. The minimum absolute atomic E-state index is 0.226. The van der Waals surface area contributed by atoms with Gasteiger partial charge in [0.2, 0.25) is 10.0 Å². The fourth-order valence-electron chi connectivity index (χ4n) is 4.18. The van der Waals surface area contributed by atoms with Gasteiger partial charge in [-0.2, -0.15) is 4.31 Å². The lowest BCUT2D eigenvalue weighted by Crippen LogP contribution is -2.41. The first-order chi connectivity index (χ1) is 16.0. The van der Waals surface area contributed by atoms with Crippen molar-refractivity contribution in [1.82, 2.24) is 4.31 Å². The number of anilines is 1. The van der Waals surface area contributed by atoms with E-state index in [-0.39, 0.29) is 13.1 Å². The number of benzene rings is 2. The molecule has 0 bridgehead atoms. The summed E-state index contributed by atoms with van der Waals surface area (Å²) >= 11 is 0. The lowest BCUT2D eigenvalue weighted by atomic mass is 9.98. The molecule has 34 heavy (non-hydrogen) atoms. The molecule has 0 aliphatic carbocycles. The number of sulfonamides is 1. The first-order valence-electron chi connectivity index (χ1n) is 11.2. The molecule has 9 heteroatoms. The van der Waals surface area contributed by atoms with Gasteiger partial charge in [-0.25, -0.2) is 8.42 Å². The van der Waals surface area contributed by atoms with Crippen molar-refractivity contribution in [3.63, 3.8) is 0 Å². The molecule has 3 rings (SSSR count). The normalized spacial score (nSPS) is 15.1. The van der Waals surface area contributed by atoms with Gasteiger partial charge in [0, 0.05) is 24.8 Å². The molecule has 0 radical (unpaired) electrons. The molecule has 1 aliphatic heterocycles. The van der Waals surface area contributed by atoms with E-state index in [0.717, 1.165) is 22.3 Å². The Labute approximate surface area is 201 Å². The fourth-order valence-corrected chi connectivity index (χ4v) is 6.23. The lowest BCUT2D eigenvalue weighted by molar-refractivity contribution is -0.152. The first-order valence-corrected chi connectivity index (χ1v) is 12.7. The third kappa shape index (κ3) is 5.59. The van der Waals surface area contributed by atoms with E-state index >= 15 is 0 Å². The predicted molar refractivity (Wildman–Crippen MR) is 129 cm³/mol. The Balaban J connectivity index is 1.56. The van der Waals surface area contributed by atoms with Crippen LogP contribution < -0.4 is 10.1 Å². The van der Waals surface area contributed by atoms with Crippen molar-refractivity contribution in [3.05, 3.63) is 52.6 Å². The van der Waals surface area contributed by atoms with Crippen LogP contribution in [0.2, 0.25) is 0 Å². The van der Waals surface area contributed by atoms with E-state index < -0.39 is 34.4 Å². The van der Waals surface area contributed by atoms with Crippen molar-refractivity contribution in [2.45, 2.75) is 45.4 Å². The van der Waals surface area contributed by atoms with Crippen LogP contribution in [-0.4, -0.2) is 51.4 Å². The average Bonchev–Trinajstić information content (AvgIpc) is 2.81. The summed E-state index contributed by atoms with van der Waals surface area (Å²) in [5.41, 5.74) is 3.92. The summed E-state index contributed by atoms with van der Waals surface area (Å²) in [5, 5.41) is 2.66. The third-order valence-electron chi connectivity index (χ3n) is 6.38. The zero-order valence-electron chi connectivity index (χ0n) is 20.3. The number of ether oxygens (including phenoxy) is 2. The Morgan fingerprint density at radius 3 is 2.24 bits per heavy atom. The molecule has 2 aromatic rings. The molecular weight excluding hydrogens is 456 g/mol. The van der Waals surface area contributed by atoms with Crippen LogP contribution in [0.4, 0.5) is 5.69 Å². The third-order valence-corrected chi connectivity index (χ3v) is 8.55. The number of methoxy groups -OCH3 is 1. The number of carbonyl (C=O) groups is 2. The summed E-state index contributed by atoms with van der Waals surface area (Å²) in [5.74, 6) is -0.792. The zero-order valence-corrected chi connectivity index (χ0v) is 21.1. The van der Waals surface area contributed by atoms with Crippen LogP contribution in [0.25, 0.3) is 0 Å². The summed E-state index contributed by atoms with van der Waals surface area (Å²) in [7, 11) is -2.15. The van der Waals surface area contributed by atoms with Crippen molar-refractivity contribution < 1.29 is 27.5 Å². The topological polar surface area (TPSA) is 102 Å². The highest BCUT2D eigenvalue weighted by molar-refractivity contribution is 7.89. The first kappa shape index (κ1) is 25.7. The summed E-state index contributed by atoms with van der Waals surface area (Å²) in [4.78, 5) is 25.0. The number of nitrogens with zero attached hydrogens (tertiary/aromatic N) is 1. The second-order valence-electron chi connectivity index (χ2n) is 8.66. The molecule has 1 heterocycles. The van der Waals surface area contributed by atoms with Crippen LogP contribution in [0.1, 0.15) is 35.1 Å². The number of aryl methyl sites for hydroxylation is 2. The zero-order chi connectivity index (χ0) is 25.0. The summed E-state index contributed by atoms with van der Waals surface area (Å²) < 4.78 is 38.5. The van der Waals surface area contributed by atoms with Crippen molar-refractivity contribution in [3.8, 4) is 5.75 Å². The van der Waals surface area contributed by atoms with Gasteiger partial charge in [-0.1, -0.05) is 12.1 Å². The number of hydrogen-bond acceptors (Lipinski definition) is 6. The quantitative estimate of drug-likeness (QED) is 0.599. The van der Waals surface area contributed by atoms with Crippen molar-refractivity contribution >= 4 is 27.6 Å². The maximum Gasteiger partial charge on any atom is 0.309 e. The van der Waals surface area contributed by atoms with Crippen LogP contribution in [0.5, 0.6) is 5.75 Å². The molecule has 0 unspecified atom stereocenters. The van der Waals surface area contributed by atoms with Gasteiger partial charge in [0.05, 0.1) is 17.9 Å². The molecule has 184 valence electrons. The van der Waals surface area contributed by atoms with Crippen molar-refractivity contribution in [1.29, 1.82) is 0 Å². The van der Waals surface area contributed by atoms with Gasteiger partial charge in [-0.3, -0.25) is 9.59 Å². The Morgan fingerprint density at radius 1 is 1.03 bits per heavy atom. The molecular formula is C25H32N2O6S. The molecule has 1 aliphatic rings. The average molecular weight is 489 g/mol. The molecule has 0 spiro atoms. The second kappa shape index (κ2) is 10.6. The molecule has 1 fully saturated rings. The number of carbonyl (C=O) groups excluding carboxylic acids is 2. The van der Waals surface area contributed by atoms with E-state index in [9.17, 15) is 18.0 Å². The van der Waals surface area contributed by atoms with Gasteiger partial charge in [-0.15, -0.1) is 0 Å². The maximum absolute atomic E-state index is 13.4. The maximum atomic E-state index is 13.4. The number of hydrogen-bond donors (Lipinski definition) is 1. The lowest BCUT2D eigenvalue weighted by Gasteiger charge is -2.31. The van der Waals surface area contributed by atoms with Gasteiger partial charge >= 0.3 is 5.97 Å². The predicted octanol–water partition coefficient (Wildman–Crippen LogP) is 3.51. The van der Waals surface area contributed by atoms with Gasteiger partial charge < -0.3 is 14.8 Å². The summed E-state index contributed by atoms with van der Waals surface area (Å²) in [6.45, 7) is 7.52. The Kier molecular flexibility index (Phi) is 7.99. The number of esters is 1. The van der Waals surface area contributed by atoms with E-state index in [1.807, 2.05) is 33.8 Å². The van der Waals surface area contributed by atoms with Crippen molar-refractivity contribution in [2.75, 3.05) is 32.1 Å². The molecule has 0 atom stereocenters. The van der Waals surface area contributed by atoms with Crippen LogP contribution in [-0.2, 0) is 24.3 Å². The highest BCUT2D eigenvalue weighted by atomic mass is 32.2. The molecule has 1 saturated heterocycles. The van der Waals surface area contributed by atoms with E-state index in [0.29, 0.717) is 29.2 Å². The molecule has 0 aromatic heterocycles. The monoisotopic (exact) mass is 488 g/mol. The number of amides is 1. The van der Waals surface area contributed by atoms with Crippen molar-refractivity contribution in [2.24, 2.45) is 5.92 Å². The Bertz CT molecular complexity index is 1160. The Morgan fingerprint density at radius 2 is 1.65 bits per heavy atom. The molecule has 1 N–H and O–H groups in total. The smallest absolute Gasteiger partial charge is 0.309 e. The largest absolute Gasteiger partial charge is 0.497 e. The molecule has 1 amide bonds. The number of rotatable bonds is 7. The summed E-state index contributed by atoms with van der Waals surface area (Å²) in [6, 6.07) is 8.86. The van der Waals surface area contributed by atoms with Crippen LogP contribution in [0.15, 0.2) is 35.2 Å². The number of piperidine rings is 1. The molecule has 8 nitrogen and oxygen atoms in total. The molecule has 0 saturated carbocycles. The van der Waals surface area contributed by atoms with Crippen LogP contribution in [0.3, 0.4) is 0 Å². The van der Waals surface area contributed by atoms with Gasteiger partial charge in [-0.05, 0) is 74.9 Å². The van der Waals surface area contributed by atoms with E-state index in [2.05, 4.69) is 5.32 Å². The van der Waals surface area contributed by atoms with E-state index in [1.54, 1.807) is 24.3 Å². The van der Waals surface area contributed by atoms with Gasteiger partial charge in [0.15, 0.2) is 6.61 Å². The minimum atomic E-state index is -3.68. The van der Waals surface area contributed by atoms with E-state index in [4.69, 9.17) is 9.47 Å². The second-order valence-corrected chi connectivity index (χ2v) is 10.5. The van der Waals surface area contributed by atoms with Crippen LogP contribution in [0, 0.1) is 33.6 Å².